The van der Waals surface area contributed by atoms with E-state index in [2.05, 4.69) is 15.6 Å². The summed E-state index contributed by atoms with van der Waals surface area (Å²) in [4.78, 5) is 25.1. The number of nitrogens with zero attached hydrogens (tertiary/aromatic N) is 1. The van der Waals surface area contributed by atoms with Crippen molar-refractivity contribution in [2.24, 2.45) is 0 Å². The van der Waals surface area contributed by atoms with Crippen molar-refractivity contribution in [3.63, 3.8) is 0 Å². The number of rotatable bonds is 1. The van der Waals surface area contributed by atoms with E-state index >= 15 is 0 Å². The number of aromatic nitrogens is 1. The van der Waals surface area contributed by atoms with Crippen molar-refractivity contribution in [1.29, 1.82) is 0 Å². The predicted octanol–water partition coefficient (Wildman–Crippen LogP) is 0.502. The van der Waals surface area contributed by atoms with Crippen molar-refractivity contribution in [1.82, 2.24) is 4.98 Å². The summed E-state index contributed by atoms with van der Waals surface area (Å²) in [5.41, 5.74) is 0. The summed E-state index contributed by atoms with van der Waals surface area (Å²) in [6.45, 7) is -0.0552. The number of carbonyl (C=O) groups excluding carboxylic acids is 1. The number of amides is 2. The van der Waals surface area contributed by atoms with Gasteiger partial charge in [-0.1, -0.05) is 0 Å². The van der Waals surface area contributed by atoms with Crippen LogP contribution in [0.5, 0.6) is 5.75 Å². The smallest absolute Gasteiger partial charge is 0.410 e. The molecule has 0 saturated heterocycles. The molecule has 7 nitrogen and oxygen atoms in total. The van der Waals surface area contributed by atoms with Crippen molar-refractivity contribution < 1.29 is 19.4 Å². The summed E-state index contributed by atoms with van der Waals surface area (Å²) in [6, 6.07) is 2.98. The number of hydrogen-bond acceptors (Lipinski definition) is 4. The molecule has 1 aliphatic heterocycles. The molecule has 3 N–H and O–H groups in total. The lowest BCUT2D eigenvalue weighted by molar-refractivity contribution is -0.118. The minimum absolute atomic E-state index is 0.0552. The molecule has 0 unspecified atom stereocenters. The second kappa shape index (κ2) is 3.45. The maximum absolute atomic E-state index is 10.9. The number of ether oxygens (including phenoxy) is 1. The third kappa shape index (κ3) is 1.96. The van der Waals surface area contributed by atoms with Crippen LogP contribution in [0.15, 0.2) is 12.1 Å². The minimum atomic E-state index is -1.22. The van der Waals surface area contributed by atoms with Crippen LogP contribution < -0.4 is 15.4 Å². The van der Waals surface area contributed by atoms with Gasteiger partial charge in [0, 0.05) is 0 Å². The number of hydrogen-bond donors (Lipinski definition) is 3. The van der Waals surface area contributed by atoms with Crippen molar-refractivity contribution in [2.45, 2.75) is 0 Å². The molecule has 0 radical (unpaired) electrons. The van der Waals surface area contributed by atoms with Crippen LogP contribution in [0.1, 0.15) is 0 Å². The van der Waals surface area contributed by atoms with E-state index in [4.69, 9.17) is 9.84 Å². The lowest BCUT2D eigenvalue weighted by Crippen LogP contribution is -2.26. The Morgan fingerprint density at radius 2 is 2.40 bits per heavy atom. The molecule has 0 atom stereocenters. The third-order valence-electron chi connectivity index (χ3n) is 1.71. The molecule has 1 aliphatic rings. The number of pyridine rings is 1. The van der Waals surface area contributed by atoms with Gasteiger partial charge in [0.2, 0.25) is 0 Å². The predicted molar refractivity (Wildman–Crippen MR) is 50.0 cm³/mol. The molecule has 0 aliphatic carbocycles. The average molecular weight is 209 g/mol. The van der Waals surface area contributed by atoms with Gasteiger partial charge in [-0.25, -0.2) is 9.78 Å². The molecule has 15 heavy (non-hydrogen) atoms. The summed E-state index contributed by atoms with van der Waals surface area (Å²) >= 11 is 0. The quantitative estimate of drug-likeness (QED) is 0.625. The highest BCUT2D eigenvalue weighted by Gasteiger charge is 2.17. The molecule has 0 spiro atoms. The number of carbonyl (C=O) groups is 2. The average Bonchev–Trinajstić information content (AvgIpc) is 2.16. The zero-order valence-electron chi connectivity index (χ0n) is 7.48. The van der Waals surface area contributed by atoms with Gasteiger partial charge in [0.05, 0.1) is 0 Å². The molecule has 1 aromatic rings. The first-order valence-corrected chi connectivity index (χ1v) is 4.09. The van der Waals surface area contributed by atoms with E-state index < -0.39 is 6.09 Å². The Bertz CT molecular complexity index is 432. The highest BCUT2D eigenvalue weighted by molar-refractivity contribution is 5.94. The number of anilines is 2. The lowest BCUT2D eigenvalue weighted by Gasteiger charge is -2.16. The van der Waals surface area contributed by atoms with E-state index in [0.29, 0.717) is 5.75 Å². The van der Waals surface area contributed by atoms with E-state index in [0.717, 1.165) is 0 Å². The first-order chi connectivity index (χ1) is 7.15. The van der Waals surface area contributed by atoms with Crippen LogP contribution in [0.2, 0.25) is 0 Å². The summed E-state index contributed by atoms with van der Waals surface area (Å²) in [5.74, 6) is 0.456. The Balaban J connectivity index is 2.28. The molecule has 2 amide bonds. The molecular formula is C8H7N3O4. The number of carboxylic acid groups (broad SMARTS) is 1. The van der Waals surface area contributed by atoms with Gasteiger partial charge in [-0.05, 0) is 12.1 Å². The van der Waals surface area contributed by atoms with Gasteiger partial charge in [-0.15, -0.1) is 0 Å². The van der Waals surface area contributed by atoms with Crippen molar-refractivity contribution in [2.75, 3.05) is 17.2 Å². The fourth-order valence-corrected chi connectivity index (χ4v) is 1.14. The number of nitrogens with one attached hydrogen (secondary N) is 2. The molecule has 1 aromatic heterocycles. The van der Waals surface area contributed by atoms with Crippen LogP contribution in [0.4, 0.5) is 16.4 Å². The van der Waals surface area contributed by atoms with Crippen LogP contribution >= 0.6 is 0 Å². The molecule has 0 aromatic carbocycles. The fraction of sp³-hybridized carbons (Fsp3) is 0.125. The Hall–Kier alpha value is -2.31. The molecule has 2 heterocycles. The summed E-state index contributed by atoms with van der Waals surface area (Å²) in [6.07, 6.45) is -1.22. The van der Waals surface area contributed by atoms with Crippen molar-refractivity contribution in [3.05, 3.63) is 12.1 Å². The van der Waals surface area contributed by atoms with E-state index in [9.17, 15) is 9.59 Å². The molecule has 7 heteroatoms. The van der Waals surface area contributed by atoms with Gasteiger partial charge < -0.3 is 15.2 Å². The van der Waals surface area contributed by atoms with Crippen LogP contribution in [0, 0.1) is 0 Å². The van der Waals surface area contributed by atoms with Crippen LogP contribution in [0.3, 0.4) is 0 Å². The Morgan fingerprint density at radius 3 is 3.13 bits per heavy atom. The Kier molecular flexibility index (Phi) is 2.13. The lowest BCUT2D eigenvalue weighted by atomic mass is 10.3. The highest BCUT2D eigenvalue weighted by atomic mass is 16.5. The molecular weight excluding hydrogens is 202 g/mol. The summed E-state index contributed by atoms with van der Waals surface area (Å²) in [5, 5.41) is 13.0. The van der Waals surface area contributed by atoms with Gasteiger partial charge in [-0.2, -0.15) is 0 Å². The third-order valence-corrected chi connectivity index (χ3v) is 1.71. The van der Waals surface area contributed by atoms with Crippen molar-refractivity contribution >= 4 is 23.6 Å². The first kappa shape index (κ1) is 9.25. The molecule has 0 fully saturated rings. The highest BCUT2D eigenvalue weighted by Crippen LogP contribution is 2.26. The normalized spacial score (nSPS) is 13.5. The summed E-state index contributed by atoms with van der Waals surface area (Å²) in [7, 11) is 0. The standard InChI is InChI=1S/C8H7N3O4/c12-6-3-15-4-1-2-5(10-8(13)14)9-7(4)11-6/h1-2H,3H2,(H,13,14)(H2,9,10,11,12). The topological polar surface area (TPSA) is 101 Å². The van der Waals surface area contributed by atoms with Gasteiger partial charge in [0.25, 0.3) is 5.91 Å². The maximum atomic E-state index is 10.9. The van der Waals surface area contributed by atoms with Gasteiger partial charge >= 0.3 is 6.09 Å². The van der Waals surface area contributed by atoms with Crippen LogP contribution in [0.25, 0.3) is 0 Å². The summed E-state index contributed by atoms with van der Waals surface area (Å²) < 4.78 is 5.05. The van der Waals surface area contributed by atoms with E-state index in [1.54, 1.807) is 0 Å². The molecule has 0 saturated carbocycles. The van der Waals surface area contributed by atoms with E-state index in [-0.39, 0.29) is 24.1 Å². The Morgan fingerprint density at radius 1 is 1.60 bits per heavy atom. The van der Waals surface area contributed by atoms with Crippen LogP contribution in [-0.2, 0) is 4.79 Å². The molecule has 0 bridgehead atoms. The number of fused-ring (bicyclic) bond motifs is 1. The largest absolute Gasteiger partial charge is 0.480 e. The van der Waals surface area contributed by atoms with E-state index in [1.165, 1.54) is 12.1 Å². The van der Waals surface area contributed by atoms with Crippen molar-refractivity contribution in [3.8, 4) is 5.75 Å². The maximum Gasteiger partial charge on any atom is 0.410 e. The van der Waals surface area contributed by atoms with Gasteiger partial charge in [0.1, 0.15) is 5.82 Å². The first-order valence-electron chi connectivity index (χ1n) is 4.09. The zero-order valence-corrected chi connectivity index (χ0v) is 7.48. The van der Waals surface area contributed by atoms with Gasteiger partial charge in [-0.3, -0.25) is 10.1 Å². The van der Waals surface area contributed by atoms with E-state index in [1.807, 2.05) is 0 Å². The monoisotopic (exact) mass is 209 g/mol. The van der Waals surface area contributed by atoms with Crippen LogP contribution in [-0.4, -0.2) is 28.7 Å². The fourth-order valence-electron chi connectivity index (χ4n) is 1.14. The molecule has 78 valence electrons. The molecule has 2 rings (SSSR count). The minimum Gasteiger partial charge on any atom is -0.480 e. The second-order valence-electron chi connectivity index (χ2n) is 2.81. The second-order valence-corrected chi connectivity index (χ2v) is 2.81. The Labute approximate surface area is 84.1 Å². The van der Waals surface area contributed by atoms with Gasteiger partial charge in [0.15, 0.2) is 18.2 Å². The SMILES string of the molecule is O=C(O)Nc1ccc2c(n1)NC(=O)CO2. The zero-order chi connectivity index (χ0) is 10.8.